The van der Waals surface area contributed by atoms with Crippen molar-refractivity contribution >= 4 is 5.82 Å². The molecule has 0 unspecified atom stereocenters. The average molecular weight is 229 g/mol. The highest BCUT2D eigenvalue weighted by Gasteiger charge is 2.10. The highest BCUT2D eigenvalue weighted by Crippen LogP contribution is 2.27. The zero-order valence-corrected chi connectivity index (χ0v) is 11.1. The van der Waals surface area contributed by atoms with E-state index >= 15 is 0 Å². The zero-order chi connectivity index (χ0) is 12.6. The molecule has 1 N–H and O–H groups in total. The number of aromatic nitrogens is 2. The predicted octanol–water partition coefficient (Wildman–Crippen LogP) is 3.05. The number of aryl methyl sites for hydroxylation is 4. The van der Waals surface area contributed by atoms with Gasteiger partial charge >= 0.3 is 0 Å². The van der Waals surface area contributed by atoms with Gasteiger partial charge in [-0.15, -0.1) is 0 Å². The second-order valence-electron chi connectivity index (χ2n) is 4.54. The van der Waals surface area contributed by atoms with Gasteiger partial charge in [-0.05, 0) is 43.5 Å². The van der Waals surface area contributed by atoms with Crippen LogP contribution in [0.3, 0.4) is 0 Å². The molecular formula is C14H19N3. The second kappa shape index (κ2) is 4.24. The molecule has 3 heteroatoms. The average Bonchev–Trinajstić information content (AvgIpc) is 2.65. The Morgan fingerprint density at radius 3 is 2.24 bits per heavy atom. The van der Waals surface area contributed by atoms with Gasteiger partial charge in [0.15, 0.2) is 0 Å². The van der Waals surface area contributed by atoms with Gasteiger partial charge in [0.2, 0.25) is 0 Å². The van der Waals surface area contributed by atoms with Crippen molar-refractivity contribution in [3.63, 3.8) is 0 Å². The van der Waals surface area contributed by atoms with Gasteiger partial charge in [-0.3, -0.25) is 4.68 Å². The number of nitrogens with one attached hydrogen (secondary N) is 1. The SMILES string of the molecule is CNc1cc(-c2cc(C)c(C)cc2C)n(C)n1. The fourth-order valence-electron chi connectivity index (χ4n) is 2.08. The van der Waals surface area contributed by atoms with Crippen molar-refractivity contribution in [3.05, 3.63) is 34.9 Å². The molecule has 2 rings (SSSR count). The van der Waals surface area contributed by atoms with Crippen LogP contribution >= 0.6 is 0 Å². The molecular weight excluding hydrogens is 210 g/mol. The van der Waals surface area contributed by atoms with Gasteiger partial charge in [0.1, 0.15) is 5.82 Å². The molecule has 0 fully saturated rings. The van der Waals surface area contributed by atoms with Crippen LogP contribution in [0.4, 0.5) is 5.82 Å². The van der Waals surface area contributed by atoms with Crippen molar-refractivity contribution in [2.45, 2.75) is 20.8 Å². The first-order valence-electron chi connectivity index (χ1n) is 5.83. The fraction of sp³-hybridized carbons (Fsp3) is 0.357. The van der Waals surface area contributed by atoms with Gasteiger partial charge in [-0.2, -0.15) is 5.10 Å². The Hall–Kier alpha value is -1.77. The van der Waals surface area contributed by atoms with Crippen LogP contribution in [0.2, 0.25) is 0 Å². The van der Waals surface area contributed by atoms with Gasteiger partial charge in [0.05, 0.1) is 5.69 Å². The topological polar surface area (TPSA) is 29.9 Å². The molecule has 0 saturated carbocycles. The minimum atomic E-state index is 0.903. The summed E-state index contributed by atoms with van der Waals surface area (Å²) in [7, 11) is 3.87. The Bertz CT molecular complexity index is 553. The number of rotatable bonds is 2. The van der Waals surface area contributed by atoms with Crippen LogP contribution in [0.5, 0.6) is 0 Å². The summed E-state index contributed by atoms with van der Waals surface area (Å²) in [5.74, 6) is 0.903. The van der Waals surface area contributed by atoms with Crippen molar-refractivity contribution in [1.82, 2.24) is 9.78 Å². The van der Waals surface area contributed by atoms with Crippen molar-refractivity contribution in [1.29, 1.82) is 0 Å². The fourth-order valence-corrected chi connectivity index (χ4v) is 2.08. The van der Waals surface area contributed by atoms with Crippen LogP contribution in [-0.2, 0) is 7.05 Å². The molecule has 0 atom stereocenters. The molecule has 0 spiro atoms. The Labute approximate surface area is 102 Å². The normalized spacial score (nSPS) is 10.6. The highest BCUT2D eigenvalue weighted by molar-refractivity contribution is 5.68. The molecule has 2 aromatic rings. The van der Waals surface area contributed by atoms with Crippen molar-refractivity contribution < 1.29 is 0 Å². The molecule has 0 saturated heterocycles. The summed E-state index contributed by atoms with van der Waals surface area (Å²) in [6.45, 7) is 6.44. The van der Waals surface area contributed by atoms with Crippen LogP contribution in [0.25, 0.3) is 11.3 Å². The van der Waals surface area contributed by atoms with Crippen molar-refractivity contribution in [2.24, 2.45) is 7.05 Å². The molecule has 17 heavy (non-hydrogen) atoms. The van der Waals surface area contributed by atoms with Crippen molar-refractivity contribution in [2.75, 3.05) is 12.4 Å². The smallest absolute Gasteiger partial charge is 0.148 e. The summed E-state index contributed by atoms with van der Waals surface area (Å²) in [6, 6.07) is 6.55. The van der Waals surface area contributed by atoms with E-state index in [-0.39, 0.29) is 0 Å². The van der Waals surface area contributed by atoms with E-state index in [1.807, 2.05) is 18.8 Å². The predicted molar refractivity (Wildman–Crippen MR) is 72.4 cm³/mol. The maximum Gasteiger partial charge on any atom is 0.148 e. The first-order valence-corrected chi connectivity index (χ1v) is 5.83. The van der Waals surface area contributed by atoms with Crippen LogP contribution in [0, 0.1) is 20.8 Å². The first-order chi connectivity index (χ1) is 8.02. The third kappa shape index (κ3) is 2.05. The summed E-state index contributed by atoms with van der Waals surface area (Å²) in [4.78, 5) is 0. The summed E-state index contributed by atoms with van der Waals surface area (Å²) in [6.07, 6.45) is 0. The molecule has 0 aliphatic carbocycles. The lowest BCUT2D eigenvalue weighted by Crippen LogP contribution is -1.97. The summed E-state index contributed by atoms with van der Waals surface area (Å²) in [5, 5.41) is 7.48. The Morgan fingerprint density at radius 1 is 1.00 bits per heavy atom. The molecule has 1 aromatic heterocycles. The number of benzene rings is 1. The first kappa shape index (κ1) is 11.7. The standard InChI is InChI=1S/C14H19N3/c1-9-6-11(3)12(7-10(9)2)13-8-14(15-4)16-17(13)5/h6-8H,1-5H3,(H,15,16). The quantitative estimate of drug-likeness (QED) is 0.857. The highest BCUT2D eigenvalue weighted by atomic mass is 15.3. The zero-order valence-electron chi connectivity index (χ0n) is 11.1. The number of hydrogen-bond acceptors (Lipinski definition) is 2. The molecule has 0 amide bonds. The summed E-state index contributed by atoms with van der Waals surface area (Å²) in [5.41, 5.74) is 6.35. The molecule has 0 aliphatic heterocycles. The molecule has 0 aliphatic rings. The Kier molecular flexibility index (Phi) is 2.92. The lowest BCUT2D eigenvalue weighted by Gasteiger charge is -2.09. The minimum Gasteiger partial charge on any atom is -0.372 e. The number of nitrogens with zero attached hydrogens (tertiary/aromatic N) is 2. The van der Waals surface area contributed by atoms with Gasteiger partial charge in [0, 0.05) is 25.7 Å². The third-order valence-corrected chi connectivity index (χ3v) is 3.25. The minimum absolute atomic E-state index is 0.903. The third-order valence-electron chi connectivity index (χ3n) is 3.25. The summed E-state index contributed by atoms with van der Waals surface area (Å²) < 4.78 is 1.92. The van der Waals surface area contributed by atoms with E-state index in [0.29, 0.717) is 0 Å². The lowest BCUT2D eigenvalue weighted by molar-refractivity contribution is 0.778. The van der Waals surface area contributed by atoms with Crippen LogP contribution in [-0.4, -0.2) is 16.8 Å². The van der Waals surface area contributed by atoms with Crippen LogP contribution in [0.15, 0.2) is 18.2 Å². The Balaban J connectivity index is 2.59. The second-order valence-corrected chi connectivity index (χ2v) is 4.54. The van der Waals surface area contributed by atoms with E-state index in [2.05, 4.69) is 49.4 Å². The maximum atomic E-state index is 4.40. The molecule has 3 nitrogen and oxygen atoms in total. The van der Waals surface area contributed by atoms with Crippen molar-refractivity contribution in [3.8, 4) is 11.3 Å². The van der Waals surface area contributed by atoms with E-state index in [1.165, 1.54) is 22.3 Å². The van der Waals surface area contributed by atoms with Gasteiger partial charge in [-0.1, -0.05) is 6.07 Å². The number of hydrogen-bond donors (Lipinski definition) is 1. The largest absolute Gasteiger partial charge is 0.372 e. The monoisotopic (exact) mass is 229 g/mol. The lowest BCUT2D eigenvalue weighted by atomic mass is 9.99. The molecule has 1 heterocycles. The molecule has 1 aromatic carbocycles. The Morgan fingerprint density at radius 2 is 1.65 bits per heavy atom. The number of anilines is 1. The maximum absolute atomic E-state index is 4.40. The van der Waals surface area contributed by atoms with Gasteiger partial charge in [0.25, 0.3) is 0 Å². The van der Waals surface area contributed by atoms with Crippen LogP contribution < -0.4 is 5.32 Å². The summed E-state index contributed by atoms with van der Waals surface area (Å²) >= 11 is 0. The van der Waals surface area contributed by atoms with E-state index in [9.17, 15) is 0 Å². The van der Waals surface area contributed by atoms with Crippen LogP contribution in [0.1, 0.15) is 16.7 Å². The van der Waals surface area contributed by atoms with Gasteiger partial charge in [-0.25, -0.2) is 0 Å². The van der Waals surface area contributed by atoms with Gasteiger partial charge < -0.3 is 5.32 Å². The molecule has 0 bridgehead atoms. The van der Waals surface area contributed by atoms with E-state index < -0.39 is 0 Å². The van der Waals surface area contributed by atoms with E-state index in [1.54, 1.807) is 0 Å². The molecule has 0 radical (unpaired) electrons. The molecule has 90 valence electrons. The van der Waals surface area contributed by atoms with E-state index in [4.69, 9.17) is 0 Å². The van der Waals surface area contributed by atoms with E-state index in [0.717, 1.165) is 11.5 Å².